The first-order chi connectivity index (χ1) is 10.6. The van der Waals surface area contributed by atoms with Gasteiger partial charge in [-0.05, 0) is 43.6 Å². The molecule has 0 aliphatic carbocycles. The number of carbonyl (C=O) groups is 1. The van der Waals surface area contributed by atoms with Crippen molar-refractivity contribution in [3.05, 3.63) is 29.8 Å². The number of ether oxygens (including phenoxy) is 2. The molecule has 130 valence electrons. The van der Waals surface area contributed by atoms with Gasteiger partial charge in [-0.3, -0.25) is 4.79 Å². The normalized spacial score (nSPS) is 16.3. The summed E-state index contributed by atoms with van der Waals surface area (Å²) in [7, 11) is 5.18. The zero-order chi connectivity index (χ0) is 16.0. The van der Waals surface area contributed by atoms with Crippen molar-refractivity contribution >= 4 is 18.3 Å². The Morgan fingerprint density at radius 2 is 1.83 bits per heavy atom. The van der Waals surface area contributed by atoms with Gasteiger partial charge in [-0.1, -0.05) is 12.1 Å². The van der Waals surface area contributed by atoms with Crippen LogP contribution in [0.3, 0.4) is 0 Å². The topological polar surface area (TPSA) is 50.8 Å². The molecule has 1 fully saturated rings. The van der Waals surface area contributed by atoms with Crippen LogP contribution in [0.4, 0.5) is 0 Å². The predicted molar refractivity (Wildman–Crippen MR) is 93.1 cm³/mol. The lowest BCUT2D eigenvalue weighted by Gasteiger charge is -2.38. The van der Waals surface area contributed by atoms with Gasteiger partial charge in [-0.15, -0.1) is 12.4 Å². The first kappa shape index (κ1) is 19.7. The smallest absolute Gasteiger partial charge is 0.231 e. The highest BCUT2D eigenvalue weighted by Crippen LogP contribution is 2.31. The molecule has 1 N–H and O–H groups in total. The van der Waals surface area contributed by atoms with Gasteiger partial charge in [0.1, 0.15) is 5.75 Å². The largest absolute Gasteiger partial charge is 0.497 e. The van der Waals surface area contributed by atoms with Crippen molar-refractivity contribution in [2.24, 2.45) is 5.41 Å². The molecule has 1 amide bonds. The number of benzene rings is 1. The molecule has 23 heavy (non-hydrogen) atoms. The Kier molecular flexibility index (Phi) is 7.82. The summed E-state index contributed by atoms with van der Waals surface area (Å²) < 4.78 is 10.5. The second kappa shape index (κ2) is 9.11. The number of nitrogens with one attached hydrogen (secondary N) is 1. The van der Waals surface area contributed by atoms with E-state index < -0.39 is 0 Å². The van der Waals surface area contributed by atoms with Crippen LogP contribution in [-0.4, -0.2) is 51.8 Å². The van der Waals surface area contributed by atoms with Crippen LogP contribution in [0.2, 0.25) is 0 Å². The van der Waals surface area contributed by atoms with E-state index in [0.29, 0.717) is 13.2 Å². The highest BCUT2D eigenvalue weighted by atomic mass is 35.5. The van der Waals surface area contributed by atoms with Crippen molar-refractivity contribution in [1.29, 1.82) is 0 Å². The first-order valence-corrected chi connectivity index (χ1v) is 7.69. The molecule has 5 nitrogen and oxygen atoms in total. The monoisotopic (exact) mass is 342 g/mol. The number of nitrogens with zero attached hydrogens (tertiary/aromatic N) is 1. The standard InChI is InChI=1S/C17H26N2O3.ClH/c1-19(12-14-4-6-15(22-3)7-5-14)16(20)17(13-21-2)8-10-18-11-9-17;/h4-7,18H,8-13H2,1-3H3;1H. The zero-order valence-electron chi connectivity index (χ0n) is 14.1. The van der Waals surface area contributed by atoms with E-state index in [1.54, 1.807) is 14.2 Å². The molecule has 1 saturated heterocycles. The summed E-state index contributed by atoms with van der Waals surface area (Å²) in [6.45, 7) is 2.82. The minimum Gasteiger partial charge on any atom is -0.497 e. The lowest BCUT2D eigenvalue weighted by Crippen LogP contribution is -2.50. The average Bonchev–Trinajstić information content (AvgIpc) is 2.56. The van der Waals surface area contributed by atoms with Gasteiger partial charge >= 0.3 is 0 Å². The van der Waals surface area contributed by atoms with Crippen LogP contribution in [0, 0.1) is 5.41 Å². The maximum absolute atomic E-state index is 12.9. The summed E-state index contributed by atoms with van der Waals surface area (Å²) in [5, 5.41) is 3.31. The fourth-order valence-electron chi connectivity index (χ4n) is 3.08. The van der Waals surface area contributed by atoms with Crippen molar-refractivity contribution in [3.8, 4) is 5.75 Å². The van der Waals surface area contributed by atoms with Gasteiger partial charge in [-0.2, -0.15) is 0 Å². The molecule has 6 heteroatoms. The minimum atomic E-state index is -0.388. The third-order valence-electron chi connectivity index (χ3n) is 4.36. The molecule has 1 aromatic carbocycles. The van der Waals surface area contributed by atoms with Crippen molar-refractivity contribution < 1.29 is 14.3 Å². The molecular weight excluding hydrogens is 316 g/mol. The third-order valence-corrected chi connectivity index (χ3v) is 4.36. The fourth-order valence-corrected chi connectivity index (χ4v) is 3.08. The fraction of sp³-hybridized carbons (Fsp3) is 0.588. The van der Waals surface area contributed by atoms with Crippen LogP contribution in [0.15, 0.2) is 24.3 Å². The van der Waals surface area contributed by atoms with Gasteiger partial charge in [0.2, 0.25) is 5.91 Å². The van der Waals surface area contributed by atoms with Crippen molar-refractivity contribution in [2.45, 2.75) is 19.4 Å². The Labute approximate surface area is 144 Å². The molecule has 0 radical (unpaired) electrons. The lowest BCUT2D eigenvalue weighted by molar-refractivity contribution is -0.146. The molecule has 0 saturated carbocycles. The van der Waals surface area contributed by atoms with E-state index in [1.165, 1.54) is 0 Å². The van der Waals surface area contributed by atoms with E-state index in [0.717, 1.165) is 37.2 Å². The van der Waals surface area contributed by atoms with Crippen molar-refractivity contribution in [2.75, 3.05) is 41.0 Å². The van der Waals surface area contributed by atoms with Crippen molar-refractivity contribution in [3.63, 3.8) is 0 Å². The molecule has 0 bridgehead atoms. The summed E-state index contributed by atoms with van der Waals surface area (Å²) in [5.41, 5.74) is 0.708. The molecule has 1 aliphatic rings. The van der Waals surface area contributed by atoms with Crippen LogP contribution in [-0.2, 0) is 16.1 Å². The quantitative estimate of drug-likeness (QED) is 0.860. The van der Waals surface area contributed by atoms with Crippen LogP contribution >= 0.6 is 12.4 Å². The first-order valence-electron chi connectivity index (χ1n) is 7.69. The number of rotatable bonds is 6. The molecule has 0 aromatic heterocycles. The Balaban J connectivity index is 0.00000264. The number of amides is 1. The molecule has 1 heterocycles. The number of piperidine rings is 1. The predicted octanol–water partition coefficient (Wildman–Crippen LogP) is 2.09. The molecule has 1 aromatic rings. The molecular formula is C17H27ClN2O3. The molecule has 1 aliphatic heterocycles. The Morgan fingerprint density at radius 1 is 1.22 bits per heavy atom. The van der Waals surface area contributed by atoms with E-state index in [2.05, 4.69) is 5.32 Å². The molecule has 2 rings (SSSR count). The summed E-state index contributed by atoms with van der Waals surface area (Å²) in [5.74, 6) is 0.999. The molecule has 0 atom stereocenters. The average molecular weight is 343 g/mol. The number of hydrogen-bond donors (Lipinski definition) is 1. The maximum atomic E-state index is 12.9. The summed E-state index contributed by atoms with van der Waals surface area (Å²) in [6.07, 6.45) is 1.65. The Bertz CT molecular complexity index is 482. The second-order valence-electron chi connectivity index (χ2n) is 5.97. The third kappa shape index (κ3) is 4.83. The number of carbonyl (C=O) groups excluding carboxylic acids is 1. The van der Waals surface area contributed by atoms with Gasteiger partial charge in [-0.25, -0.2) is 0 Å². The number of methoxy groups -OCH3 is 2. The number of hydrogen-bond acceptors (Lipinski definition) is 4. The molecule has 0 spiro atoms. The lowest BCUT2D eigenvalue weighted by atomic mass is 9.78. The van der Waals surface area contributed by atoms with E-state index >= 15 is 0 Å². The van der Waals surface area contributed by atoms with Gasteiger partial charge in [0.15, 0.2) is 0 Å². The highest BCUT2D eigenvalue weighted by Gasteiger charge is 2.41. The zero-order valence-corrected chi connectivity index (χ0v) is 14.9. The van der Waals surface area contributed by atoms with Crippen LogP contribution in [0.25, 0.3) is 0 Å². The van der Waals surface area contributed by atoms with Crippen LogP contribution < -0.4 is 10.1 Å². The number of halogens is 1. The Morgan fingerprint density at radius 3 is 2.35 bits per heavy atom. The summed E-state index contributed by atoms with van der Waals surface area (Å²) >= 11 is 0. The molecule has 0 unspecified atom stereocenters. The SMILES string of the molecule is COCC1(C(=O)N(C)Cc2ccc(OC)cc2)CCNCC1.Cl. The van der Waals surface area contributed by atoms with Crippen molar-refractivity contribution in [1.82, 2.24) is 10.2 Å². The summed E-state index contributed by atoms with van der Waals surface area (Å²) in [6, 6.07) is 7.83. The van der Waals surface area contributed by atoms with Crippen LogP contribution in [0.1, 0.15) is 18.4 Å². The van der Waals surface area contributed by atoms with E-state index in [-0.39, 0.29) is 23.7 Å². The summed E-state index contributed by atoms with van der Waals surface area (Å²) in [4.78, 5) is 14.7. The Hall–Kier alpha value is -1.30. The van der Waals surface area contributed by atoms with Gasteiger partial charge in [0, 0.05) is 20.7 Å². The highest BCUT2D eigenvalue weighted by molar-refractivity contribution is 5.85. The second-order valence-corrected chi connectivity index (χ2v) is 5.97. The van der Waals surface area contributed by atoms with Gasteiger partial charge in [0.25, 0.3) is 0 Å². The van der Waals surface area contributed by atoms with Gasteiger partial charge < -0.3 is 19.7 Å². The van der Waals surface area contributed by atoms with Crippen LogP contribution in [0.5, 0.6) is 5.75 Å². The van der Waals surface area contributed by atoms with E-state index in [1.807, 2.05) is 36.2 Å². The maximum Gasteiger partial charge on any atom is 0.231 e. The minimum absolute atomic E-state index is 0. The van der Waals surface area contributed by atoms with E-state index in [4.69, 9.17) is 9.47 Å². The van der Waals surface area contributed by atoms with Gasteiger partial charge in [0.05, 0.1) is 19.1 Å². The van der Waals surface area contributed by atoms with E-state index in [9.17, 15) is 4.79 Å².